The molecule has 4 nitrogen and oxygen atoms in total. The second-order valence-corrected chi connectivity index (χ2v) is 5.04. The van der Waals surface area contributed by atoms with Gasteiger partial charge in [0.2, 0.25) is 0 Å². The number of anilines is 1. The van der Waals surface area contributed by atoms with Crippen LogP contribution in [0.25, 0.3) is 0 Å². The van der Waals surface area contributed by atoms with E-state index in [-0.39, 0.29) is 6.04 Å². The standard InChI is InChI=1S/C14H15ClN4/c1-11(9-16)18-4-6-19(7-5-18)14-8-13(15)3-2-12(14)10-17/h2-3,8,11H,4-7H2,1H3. The zero-order chi connectivity index (χ0) is 13.8. The van der Waals surface area contributed by atoms with Gasteiger partial charge in [0.05, 0.1) is 23.4 Å². The number of hydrogen-bond donors (Lipinski definition) is 0. The van der Waals surface area contributed by atoms with Crippen molar-refractivity contribution < 1.29 is 0 Å². The van der Waals surface area contributed by atoms with Gasteiger partial charge in [-0.3, -0.25) is 4.90 Å². The Hall–Kier alpha value is -1.75. The van der Waals surface area contributed by atoms with E-state index in [0.29, 0.717) is 10.6 Å². The molecular weight excluding hydrogens is 260 g/mol. The first kappa shape index (κ1) is 13.7. The van der Waals surface area contributed by atoms with Gasteiger partial charge in [0.25, 0.3) is 0 Å². The molecule has 0 aromatic heterocycles. The van der Waals surface area contributed by atoms with Crippen molar-refractivity contribution in [3.8, 4) is 12.1 Å². The predicted octanol–water partition coefficient (Wildman–Crippen LogP) is 2.25. The molecule has 2 rings (SSSR count). The van der Waals surface area contributed by atoms with Crippen LogP contribution in [0.4, 0.5) is 5.69 Å². The van der Waals surface area contributed by atoms with Crippen LogP contribution in [0.1, 0.15) is 12.5 Å². The fourth-order valence-electron chi connectivity index (χ4n) is 2.29. The summed E-state index contributed by atoms with van der Waals surface area (Å²) in [6.45, 7) is 5.18. The predicted molar refractivity (Wildman–Crippen MR) is 75.0 cm³/mol. The minimum atomic E-state index is -0.0584. The molecule has 19 heavy (non-hydrogen) atoms. The van der Waals surface area contributed by atoms with E-state index in [4.69, 9.17) is 22.1 Å². The summed E-state index contributed by atoms with van der Waals surface area (Å²) in [5.41, 5.74) is 1.53. The van der Waals surface area contributed by atoms with Gasteiger partial charge in [-0.2, -0.15) is 10.5 Å². The molecule has 0 aliphatic carbocycles. The molecule has 0 amide bonds. The molecule has 0 bridgehead atoms. The minimum Gasteiger partial charge on any atom is -0.368 e. The van der Waals surface area contributed by atoms with Crippen molar-refractivity contribution in [2.24, 2.45) is 0 Å². The van der Waals surface area contributed by atoms with Crippen LogP contribution < -0.4 is 4.90 Å². The molecule has 1 aromatic rings. The summed E-state index contributed by atoms with van der Waals surface area (Å²) in [5, 5.41) is 18.7. The van der Waals surface area contributed by atoms with Crippen molar-refractivity contribution >= 4 is 17.3 Å². The lowest BCUT2D eigenvalue weighted by atomic mass is 10.1. The van der Waals surface area contributed by atoms with Gasteiger partial charge in [-0.25, -0.2) is 0 Å². The summed E-state index contributed by atoms with van der Waals surface area (Å²) >= 11 is 6.01. The molecule has 98 valence electrons. The van der Waals surface area contributed by atoms with E-state index in [1.807, 2.05) is 13.0 Å². The number of halogens is 1. The Kier molecular flexibility index (Phi) is 4.27. The fraction of sp³-hybridized carbons (Fsp3) is 0.429. The molecule has 0 spiro atoms. The first-order valence-corrected chi connectivity index (χ1v) is 6.61. The molecule has 1 aromatic carbocycles. The molecule has 1 aliphatic heterocycles. The van der Waals surface area contributed by atoms with Crippen LogP contribution in [0.5, 0.6) is 0 Å². The summed E-state index contributed by atoms with van der Waals surface area (Å²) < 4.78 is 0. The summed E-state index contributed by atoms with van der Waals surface area (Å²) in [5.74, 6) is 0. The van der Waals surface area contributed by atoms with Gasteiger partial charge < -0.3 is 4.90 Å². The van der Waals surface area contributed by atoms with Crippen LogP contribution in [0.3, 0.4) is 0 Å². The third kappa shape index (κ3) is 2.98. The molecule has 0 N–H and O–H groups in total. The first-order valence-electron chi connectivity index (χ1n) is 6.24. The van der Waals surface area contributed by atoms with E-state index >= 15 is 0 Å². The highest BCUT2D eigenvalue weighted by molar-refractivity contribution is 6.30. The Morgan fingerprint density at radius 3 is 2.47 bits per heavy atom. The lowest BCUT2D eigenvalue weighted by Crippen LogP contribution is -2.49. The molecular formula is C14H15ClN4. The second kappa shape index (κ2) is 5.93. The van der Waals surface area contributed by atoms with E-state index in [0.717, 1.165) is 31.9 Å². The number of benzene rings is 1. The molecule has 1 heterocycles. The van der Waals surface area contributed by atoms with E-state index in [2.05, 4.69) is 21.9 Å². The third-order valence-corrected chi connectivity index (χ3v) is 3.70. The van der Waals surface area contributed by atoms with Crippen molar-refractivity contribution in [2.45, 2.75) is 13.0 Å². The van der Waals surface area contributed by atoms with Crippen LogP contribution in [-0.2, 0) is 0 Å². The topological polar surface area (TPSA) is 54.1 Å². The normalized spacial score (nSPS) is 17.6. The highest BCUT2D eigenvalue weighted by Crippen LogP contribution is 2.25. The van der Waals surface area contributed by atoms with Crippen LogP contribution in [0.15, 0.2) is 18.2 Å². The summed E-state index contributed by atoms with van der Waals surface area (Å²) in [7, 11) is 0. The van der Waals surface area contributed by atoms with Gasteiger partial charge in [0.15, 0.2) is 0 Å². The molecule has 1 aliphatic rings. The molecule has 1 fully saturated rings. The maximum absolute atomic E-state index is 9.15. The van der Waals surface area contributed by atoms with Crippen LogP contribution >= 0.6 is 11.6 Å². The van der Waals surface area contributed by atoms with E-state index in [1.54, 1.807) is 12.1 Å². The molecule has 1 unspecified atom stereocenters. The number of nitrogens with zero attached hydrogens (tertiary/aromatic N) is 4. The largest absolute Gasteiger partial charge is 0.368 e. The molecule has 1 atom stereocenters. The summed E-state index contributed by atoms with van der Waals surface area (Å²) in [6.07, 6.45) is 0. The first-order chi connectivity index (χ1) is 9.15. The number of rotatable bonds is 2. The minimum absolute atomic E-state index is 0.0584. The van der Waals surface area contributed by atoms with E-state index in [9.17, 15) is 0 Å². The van der Waals surface area contributed by atoms with Crippen molar-refractivity contribution in [3.05, 3.63) is 28.8 Å². The number of piperazine rings is 1. The average molecular weight is 275 g/mol. The Bertz CT molecular complexity index is 535. The molecule has 0 radical (unpaired) electrons. The maximum Gasteiger partial charge on any atom is 0.101 e. The van der Waals surface area contributed by atoms with Crippen molar-refractivity contribution in [2.75, 3.05) is 31.1 Å². The van der Waals surface area contributed by atoms with Crippen molar-refractivity contribution in [1.82, 2.24) is 4.90 Å². The quantitative estimate of drug-likeness (QED) is 0.830. The van der Waals surface area contributed by atoms with Gasteiger partial charge >= 0.3 is 0 Å². The highest BCUT2D eigenvalue weighted by atomic mass is 35.5. The zero-order valence-electron chi connectivity index (χ0n) is 10.8. The number of hydrogen-bond acceptors (Lipinski definition) is 4. The third-order valence-electron chi connectivity index (χ3n) is 3.47. The van der Waals surface area contributed by atoms with Gasteiger partial charge in [0.1, 0.15) is 6.07 Å². The summed E-state index contributed by atoms with van der Waals surface area (Å²) in [4.78, 5) is 4.30. The molecule has 5 heteroatoms. The zero-order valence-corrected chi connectivity index (χ0v) is 11.6. The number of nitriles is 2. The Morgan fingerprint density at radius 2 is 1.89 bits per heavy atom. The van der Waals surface area contributed by atoms with Crippen LogP contribution in [0.2, 0.25) is 5.02 Å². The van der Waals surface area contributed by atoms with Crippen LogP contribution in [0, 0.1) is 22.7 Å². The Balaban J connectivity index is 2.12. The second-order valence-electron chi connectivity index (χ2n) is 4.60. The smallest absolute Gasteiger partial charge is 0.101 e. The Labute approximate surface area is 118 Å². The fourth-order valence-corrected chi connectivity index (χ4v) is 2.46. The lowest BCUT2D eigenvalue weighted by molar-refractivity contribution is 0.231. The van der Waals surface area contributed by atoms with E-state index < -0.39 is 0 Å². The lowest BCUT2D eigenvalue weighted by Gasteiger charge is -2.37. The summed E-state index contributed by atoms with van der Waals surface area (Å²) in [6, 6.07) is 9.72. The average Bonchev–Trinajstić information content (AvgIpc) is 2.46. The Morgan fingerprint density at radius 1 is 1.21 bits per heavy atom. The maximum atomic E-state index is 9.15. The SMILES string of the molecule is CC(C#N)N1CCN(c2cc(Cl)ccc2C#N)CC1. The van der Waals surface area contributed by atoms with Crippen molar-refractivity contribution in [1.29, 1.82) is 10.5 Å². The van der Waals surface area contributed by atoms with E-state index in [1.165, 1.54) is 0 Å². The van der Waals surface area contributed by atoms with Crippen molar-refractivity contribution in [3.63, 3.8) is 0 Å². The van der Waals surface area contributed by atoms with Gasteiger partial charge in [-0.1, -0.05) is 11.6 Å². The molecule has 0 saturated carbocycles. The molecule has 1 saturated heterocycles. The monoisotopic (exact) mass is 274 g/mol. The highest BCUT2D eigenvalue weighted by Gasteiger charge is 2.22. The van der Waals surface area contributed by atoms with Crippen LogP contribution in [-0.4, -0.2) is 37.1 Å². The van der Waals surface area contributed by atoms with Gasteiger partial charge in [-0.15, -0.1) is 0 Å². The van der Waals surface area contributed by atoms with Gasteiger partial charge in [-0.05, 0) is 25.1 Å². The van der Waals surface area contributed by atoms with Gasteiger partial charge in [0, 0.05) is 31.2 Å².